The highest BCUT2D eigenvalue weighted by Gasteiger charge is 2.28. The van der Waals surface area contributed by atoms with Crippen LogP contribution in [0, 0.1) is 0 Å². The van der Waals surface area contributed by atoms with E-state index in [1.165, 1.54) is 24.5 Å². The summed E-state index contributed by atoms with van der Waals surface area (Å²) in [6, 6.07) is 1.53. The zero-order valence-electron chi connectivity index (χ0n) is 12.3. The van der Waals surface area contributed by atoms with Crippen LogP contribution in [-0.4, -0.2) is 38.3 Å². The highest BCUT2D eigenvalue weighted by Crippen LogP contribution is 2.31. The summed E-state index contributed by atoms with van der Waals surface area (Å²) in [7, 11) is -2.08. The Bertz CT molecular complexity index is 747. The molecule has 0 amide bonds. The van der Waals surface area contributed by atoms with Crippen LogP contribution in [-0.2, 0) is 14.8 Å². The zero-order chi connectivity index (χ0) is 15.7. The molecule has 7 nitrogen and oxygen atoms in total. The maximum absolute atomic E-state index is 11.7. The third kappa shape index (κ3) is 2.94. The van der Waals surface area contributed by atoms with Crippen LogP contribution in [0.25, 0.3) is 10.8 Å². The van der Waals surface area contributed by atoms with E-state index in [1.54, 1.807) is 5.38 Å². The van der Waals surface area contributed by atoms with Crippen LogP contribution in [0.15, 0.2) is 20.9 Å². The molecule has 2 aromatic rings. The summed E-state index contributed by atoms with van der Waals surface area (Å²) in [5.74, 6) is 0.983. The van der Waals surface area contributed by atoms with Gasteiger partial charge in [0, 0.05) is 17.9 Å². The molecule has 1 saturated heterocycles. The normalized spacial score (nSPS) is 20.4. The molecule has 0 unspecified atom stereocenters. The van der Waals surface area contributed by atoms with Crippen molar-refractivity contribution in [1.29, 1.82) is 0 Å². The van der Waals surface area contributed by atoms with Crippen molar-refractivity contribution in [3.05, 3.63) is 17.3 Å². The Kier molecular flexibility index (Phi) is 4.31. The molecule has 22 heavy (non-hydrogen) atoms. The van der Waals surface area contributed by atoms with Crippen molar-refractivity contribution < 1.29 is 17.7 Å². The van der Waals surface area contributed by atoms with Gasteiger partial charge >= 0.3 is 0 Å². The quantitative estimate of drug-likeness (QED) is 0.892. The molecule has 1 fully saturated rings. The van der Waals surface area contributed by atoms with Gasteiger partial charge in [-0.2, -0.15) is 4.98 Å². The Hall–Kier alpha value is -1.29. The van der Waals surface area contributed by atoms with Crippen molar-refractivity contribution in [2.24, 2.45) is 0 Å². The second-order valence-corrected chi connectivity index (χ2v) is 7.95. The Labute approximate surface area is 132 Å². The van der Waals surface area contributed by atoms with Crippen LogP contribution in [0.4, 0.5) is 0 Å². The molecule has 120 valence electrons. The molecule has 0 saturated carbocycles. The van der Waals surface area contributed by atoms with Gasteiger partial charge in [-0.05, 0) is 26.0 Å². The summed E-state index contributed by atoms with van der Waals surface area (Å²) in [6.45, 7) is 2.78. The minimum Gasteiger partial charge on any atom is -0.377 e. The van der Waals surface area contributed by atoms with Crippen molar-refractivity contribution in [1.82, 2.24) is 14.9 Å². The lowest BCUT2D eigenvalue weighted by atomic mass is 10.0. The lowest BCUT2D eigenvalue weighted by Gasteiger charge is -2.13. The van der Waals surface area contributed by atoms with E-state index in [0.29, 0.717) is 16.6 Å². The van der Waals surface area contributed by atoms with Crippen LogP contribution >= 0.6 is 11.3 Å². The predicted molar refractivity (Wildman–Crippen MR) is 81.2 cm³/mol. The topological polar surface area (TPSA) is 94.3 Å². The molecule has 3 rings (SSSR count). The largest absolute Gasteiger partial charge is 0.377 e. The number of nitrogens with zero attached hydrogens (tertiary/aromatic N) is 2. The second kappa shape index (κ2) is 6.07. The van der Waals surface area contributed by atoms with Crippen molar-refractivity contribution in [3.8, 4) is 10.8 Å². The third-order valence-corrected chi connectivity index (χ3v) is 6.20. The van der Waals surface area contributed by atoms with Crippen LogP contribution < -0.4 is 4.72 Å². The molecule has 0 spiro atoms. The molecule has 0 radical (unpaired) electrons. The molecular formula is C13H17N3O4S2. The van der Waals surface area contributed by atoms with Gasteiger partial charge in [-0.1, -0.05) is 12.1 Å². The highest BCUT2D eigenvalue weighted by molar-refractivity contribution is 7.89. The Balaban J connectivity index is 1.82. The Morgan fingerprint density at radius 2 is 2.32 bits per heavy atom. The molecule has 1 N–H and O–H groups in total. The van der Waals surface area contributed by atoms with Crippen molar-refractivity contribution >= 4 is 21.4 Å². The van der Waals surface area contributed by atoms with E-state index in [9.17, 15) is 8.42 Å². The van der Waals surface area contributed by atoms with Crippen molar-refractivity contribution in [2.75, 3.05) is 13.7 Å². The maximum Gasteiger partial charge on any atom is 0.268 e. The SMILES string of the molecule is CNS(=O)(=O)c1csc(-c2nc([C@@H](C)[C@@H]3CCCO3)no2)c1. The second-order valence-electron chi connectivity index (χ2n) is 5.15. The number of ether oxygens (including phenoxy) is 1. The fourth-order valence-corrected chi connectivity index (χ4v) is 4.30. The number of hydrogen-bond acceptors (Lipinski definition) is 7. The van der Waals surface area contributed by atoms with Gasteiger partial charge in [0.1, 0.15) is 0 Å². The number of sulfonamides is 1. The first-order chi connectivity index (χ1) is 10.5. The maximum atomic E-state index is 11.7. The predicted octanol–water partition coefficient (Wildman–Crippen LogP) is 1.99. The molecule has 1 aliphatic rings. The van der Waals surface area contributed by atoms with E-state index in [4.69, 9.17) is 9.26 Å². The van der Waals surface area contributed by atoms with E-state index in [0.717, 1.165) is 19.4 Å². The molecule has 9 heteroatoms. The van der Waals surface area contributed by atoms with Crippen molar-refractivity contribution in [3.63, 3.8) is 0 Å². The third-order valence-electron chi connectivity index (χ3n) is 3.74. The van der Waals surface area contributed by atoms with E-state index in [1.807, 2.05) is 6.92 Å². The van der Waals surface area contributed by atoms with Gasteiger partial charge in [-0.25, -0.2) is 13.1 Å². The van der Waals surface area contributed by atoms with Crippen LogP contribution in [0.5, 0.6) is 0 Å². The molecular weight excluding hydrogens is 326 g/mol. The minimum atomic E-state index is -3.46. The summed E-state index contributed by atoms with van der Waals surface area (Å²) in [4.78, 5) is 5.21. The first-order valence-electron chi connectivity index (χ1n) is 6.99. The van der Waals surface area contributed by atoms with Crippen molar-refractivity contribution in [2.45, 2.75) is 36.7 Å². The van der Waals surface area contributed by atoms with E-state index in [2.05, 4.69) is 14.9 Å². The molecule has 1 aliphatic heterocycles. The fourth-order valence-electron chi connectivity index (χ4n) is 2.37. The Morgan fingerprint density at radius 3 is 3.00 bits per heavy atom. The Morgan fingerprint density at radius 1 is 1.50 bits per heavy atom. The average molecular weight is 343 g/mol. The van der Waals surface area contributed by atoms with Gasteiger partial charge in [-0.3, -0.25) is 0 Å². The van der Waals surface area contributed by atoms with Gasteiger partial charge in [0.25, 0.3) is 5.89 Å². The highest BCUT2D eigenvalue weighted by atomic mass is 32.2. The van der Waals surface area contributed by atoms with Gasteiger partial charge < -0.3 is 9.26 Å². The molecule has 3 heterocycles. The number of thiophene rings is 1. The van der Waals surface area contributed by atoms with Gasteiger partial charge in [0.2, 0.25) is 10.0 Å². The van der Waals surface area contributed by atoms with Crippen LogP contribution in [0.1, 0.15) is 31.5 Å². The van der Waals surface area contributed by atoms with Crippen LogP contribution in [0.3, 0.4) is 0 Å². The number of hydrogen-bond donors (Lipinski definition) is 1. The van der Waals surface area contributed by atoms with E-state index < -0.39 is 10.0 Å². The zero-order valence-corrected chi connectivity index (χ0v) is 13.9. The van der Waals surface area contributed by atoms with E-state index >= 15 is 0 Å². The summed E-state index contributed by atoms with van der Waals surface area (Å²) in [5.41, 5.74) is 0. The number of rotatable bonds is 5. The summed E-state index contributed by atoms with van der Waals surface area (Å²) >= 11 is 1.26. The number of nitrogens with one attached hydrogen (secondary N) is 1. The van der Waals surface area contributed by atoms with Gasteiger partial charge in [0.05, 0.1) is 15.9 Å². The molecule has 0 bridgehead atoms. The molecule has 0 aromatic carbocycles. The van der Waals surface area contributed by atoms with Crippen LogP contribution in [0.2, 0.25) is 0 Å². The average Bonchev–Trinajstić information content (AvgIpc) is 3.25. The molecule has 2 atom stereocenters. The number of aromatic nitrogens is 2. The summed E-state index contributed by atoms with van der Waals surface area (Å²) in [6.07, 6.45) is 2.17. The molecule has 0 aliphatic carbocycles. The first-order valence-corrected chi connectivity index (χ1v) is 9.35. The summed E-state index contributed by atoms with van der Waals surface area (Å²) in [5, 5.41) is 5.55. The minimum absolute atomic E-state index is 0.0560. The first kappa shape index (κ1) is 15.6. The summed E-state index contributed by atoms with van der Waals surface area (Å²) < 4.78 is 36.7. The smallest absolute Gasteiger partial charge is 0.268 e. The monoisotopic (exact) mass is 343 g/mol. The van der Waals surface area contributed by atoms with E-state index in [-0.39, 0.29) is 16.9 Å². The van der Waals surface area contributed by atoms with Gasteiger partial charge in [0.15, 0.2) is 5.82 Å². The molecule has 2 aromatic heterocycles. The lowest BCUT2D eigenvalue weighted by molar-refractivity contribution is 0.0902. The fraction of sp³-hybridized carbons (Fsp3) is 0.538. The van der Waals surface area contributed by atoms with Gasteiger partial charge in [-0.15, -0.1) is 11.3 Å². The lowest BCUT2D eigenvalue weighted by Crippen LogP contribution is -2.17. The standard InChI is InChI=1S/C13H17N3O4S2/c1-8(10-4-3-5-19-10)12-15-13(20-16-12)11-6-9(7-21-11)22(17,18)14-2/h6-8,10,14H,3-5H2,1-2H3/t8-,10-/m0/s1.